The van der Waals surface area contributed by atoms with E-state index in [-0.39, 0.29) is 0 Å². The molecule has 20 heavy (non-hydrogen) atoms. The third-order valence-corrected chi connectivity index (χ3v) is 4.11. The molecule has 0 aliphatic rings. The van der Waals surface area contributed by atoms with Crippen LogP contribution < -0.4 is 5.32 Å². The van der Waals surface area contributed by atoms with Gasteiger partial charge in [-0.3, -0.25) is 0 Å². The molecule has 0 saturated heterocycles. The van der Waals surface area contributed by atoms with Gasteiger partial charge in [0.25, 0.3) is 0 Å². The van der Waals surface area contributed by atoms with Gasteiger partial charge in [0.05, 0.1) is 5.02 Å². The Morgan fingerprint density at radius 1 is 1.30 bits per heavy atom. The summed E-state index contributed by atoms with van der Waals surface area (Å²) in [5.74, 6) is 0. The second-order valence-electron chi connectivity index (χ2n) is 4.52. The molecule has 1 aromatic carbocycles. The zero-order chi connectivity index (χ0) is 14.4. The van der Waals surface area contributed by atoms with Crippen LogP contribution >= 0.6 is 23.4 Å². The Labute approximate surface area is 129 Å². The lowest BCUT2D eigenvalue weighted by Gasteiger charge is -2.07. The second kappa shape index (κ2) is 7.62. The highest BCUT2D eigenvalue weighted by molar-refractivity contribution is 7.99. The molecule has 0 atom stereocenters. The second-order valence-corrected chi connectivity index (χ2v) is 5.94. The van der Waals surface area contributed by atoms with E-state index in [9.17, 15) is 0 Å². The molecule has 1 aromatic heterocycles. The van der Waals surface area contributed by atoms with Gasteiger partial charge in [0.2, 0.25) is 0 Å². The SMILES string of the molecule is CCCNCc1ccc(Sc2nccc(C)n2)c(Cl)c1. The number of rotatable bonds is 6. The standard InChI is InChI=1S/C15H18ClN3S/c1-3-7-17-10-12-4-5-14(13(16)9-12)20-15-18-8-6-11(2)19-15/h4-6,8-9,17H,3,7,10H2,1-2H3. The minimum absolute atomic E-state index is 0.726. The Hall–Kier alpha value is -1.10. The van der Waals surface area contributed by atoms with E-state index < -0.39 is 0 Å². The van der Waals surface area contributed by atoms with Crippen molar-refractivity contribution < 1.29 is 0 Å². The number of hydrogen-bond acceptors (Lipinski definition) is 4. The average molecular weight is 308 g/mol. The number of halogens is 1. The highest BCUT2D eigenvalue weighted by Crippen LogP contribution is 2.31. The average Bonchev–Trinajstić information content (AvgIpc) is 2.42. The Balaban J connectivity index is 2.06. The van der Waals surface area contributed by atoms with E-state index in [2.05, 4.69) is 28.3 Å². The molecule has 0 radical (unpaired) electrons. The molecular formula is C15H18ClN3S. The van der Waals surface area contributed by atoms with E-state index in [0.29, 0.717) is 0 Å². The summed E-state index contributed by atoms with van der Waals surface area (Å²) in [6.07, 6.45) is 2.90. The molecular weight excluding hydrogens is 290 g/mol. The number of nitrogens with one attached hydrogen (secondary N) is 1. The van der Waals surface area contributed by atoms with Crippen molar-refractivity contribution in [2.24, 2.45) is 0 Å². The van der Waals surface area contributed by atoms with Crippen LogP contribution in [-0.2, 0) is 6.54 Å². The summed E-state index contributed by atoms with van der Waals surface area (Å²) < 4.78 is 0. The number of aromatic nitrogens is 2. The fourth-order valence-corrected chi connectivity index (χ4v) is 2.83. The monoisotopic (exact) mass is 307 g/mol. The Kier molecular flexibility index (Phi) is 5.83. The summed E-state index contributed by atoms with van der Waals surface area (Å²) in [6.45, 7) is 5.97. The van der Waals surface area contributed by atoms with Gasteiger partial charge in [-0.15, -0.1) is 0 Å². The zero-order valence-corrected chi connectivity index (χ0v) is 13.3. The molecule has 0 unspecified atom stereocenters. The van der Waals surface area contributed by atoms with Crippen molar-refractivity contribution >= 4 is 23.4 Å². The zero-order valence-electron chi connectivity index (χ0n) is 11.7. The maximum Gasteiger partial charge on any atom is 0.192 e. The van der Waals surface area contributed by atoms with E-state index in [0.717, 1.165) is 40.3 Å². The lowest BCUT2D eigenvalue weighted by atomic mass is 10.2. The van der Waals surface area contributed by atoms with E-state index in [1.54, 1.807) is 6.20 Å². The minimum atomic E-state index is 0.726. The smallest absolute Gasteiger partial charge is 0.192 e. The van der Waals surface area contributed by atoms with Gasteiger partial charge in [-0.05, 0) is 55.4 Å². The number of hydrogen-bond donors (Lipinski definition) is 1. The van der Waals surface area contributed by atoms with Crippen LogP contribution in [0.4, 0.5) is 0 Å². The molecule has 106 valence electrons. The first kappa shape index (κ1) is 15.3. The van der Waals surface area contributed by atoms with Crippen LogP contribution in [0.2, 0.25) is 5.02 Å². The molecule has 5 heteroatoms. The van der Waals surface area contributed by atoms with Gasteiger partial charge in [0.15, 0.2) is 5.16 Å². The number of aryl methyl sites for hydroxylation is 1. The number of benzene rings is 1. The first-order chi connectivity index (χ1) is 9.69. The molecule has 0 fully saturated rings. The van der Waals surface area contributed by atoms with Crippen molar-refractivity contribution in [3.63, 3.8) is 0 Å². The first-order valence-corrected chi connectivity index (χ1v) is 7.85. The summed E-state index contributed by atoms with van der Waals surface area (Å²) in [4.78, 5) is 9.60. The van der Waals surface area contributed by atoms with Gasteiger partial charge < -0.3 is 5.32 Å². The van der Waals surface area contributed by atoms with Gasteiger partial charge in [-0.2, -0.15) is 0 Å². The van der Waals surface area contributed by atoms with Crippen molar-refractivity contribution in [1.29, 1.82) is 0 Å². The third-order valence-electron chi connectivity index (χ3n) is 2.73. The molecule has 3 nitrogen and oxygen atoms in total. The highest BCUT2D eigenvalue weighted by atomic mass is 35.5. The van der Waals surface area contributed by atoms with E-state index >= 15 is 0 Å². The van der Waals surface area contributed by atoms with E-state index in [4.69, 9.17) is 11.6 Å². The fraction of sp³-hybridized carbons (Fsp3) is 0.333. The van der Waals surface area contributed by atoms with Crippen LogP contribution in [-0.4, -0.2) is 16.5 Å². The van der Waals surface area contributed by atoms with Crippen molar-refractivity contribution in [2.75, 3.05) is 6.54 Å². The van der Waals surface area contributed by atoms with Crippen LogP contribution in [0.15, 0.2) is 40.5 Å². The van der Waals surface area contributed by atoms with Crippen molar-refractivity contribution in [3.05, 3.63) is 46.7 Å². The summed E-state index contributed by atoms with van der Waals surface area (Å²) in [5.41, 5.74) is 2.15. The van der Waals surface area contributed by atoms with Gasteiger partial charge in [-0.1, -0.05) is 24.6 Å². The Bertz CT molecular complexity index is 575. The lowest BCUT2D eigenvalue weighted by Crippen LogP contribution is -2.13. The van der Waals surface area contributed by atoms with Gasteiger partial charge >= 0.3 is 0 Å². The molecule has 1 heterocycles. The minimum Gasteiger partial charge on any atom is -0.313 e. The predicted octanol–water partition coefficient (Wildman–Crippen LogP) is 4.09. The molecule has 2 aromatic rings. The summed E-state index contributed by atoms with van der Waals surface area (Å²) in [6, 6.07) is 8.00. The fourth-order valence-electron chi connectivity index (χ4n) is 1.72. The van der Waals surface area contributed by atoms with E-state index in [1.807, 2.05) is 25.1 Å². The van der Waals surface area contributed by atoms with Crippen molar-refractivity contribution in [1.82, 2.24) is 15.3 Å². The van der Waals surface area contributed by atoms with Crippen molar-refractivity contribution in [2.45, 2.75) is 36.9 Å². The van der Waals surface area contributed by atoms with Gasteiger partial charge in [0.1, 0.15) is 0 Å². The Morgan fingerprint density at radius 2 is 2.15 bits per heavy atom. The third kappa shape index (κ3) is 4.47. The lowest BCUT2D eigenvalue weighted by molar-refractivity contribution is 0.675. The topological polar surface area (TPSA) is 37.8 Å². The summed E-state index contributed by atoms with van der Waals surface area (Å²) in [7, 11) is 0. The van der Waals surface area contributed by atoms with Crippen LogP contribution in [0.3, 0.4) is 0 Å². The molecule has 0 amide bonds. The maximum atomic E-state index is 6.33. The highest BCUT2D eigenvalue weighted by Gasteiger charge is 2.06. The predicted molar refractivity (Wildman–Crippen MR) is 84.3 cm³/mol. The quantitative estimate of drug-likeness (QED) is 0.644. The summed E-state index contributed by atoms with van der Waals surface area (Å²) >= 11 is 7.82. The molecule has 2 rings (SSSR count). The number of nitrogens with zero attached hydrogens (tertiary/aromatic N) is 2. The molecule has 1 N–H and O–H groups in total. The molecule has 0 spiro atoms. The molecule has 0 bridgehead atoms. The van der Waals surface area contributed by atoms with Crippen molar-refractivity contribution in [3.8, 4) is 0 Å². The van der Waals surface area contributed by atoms with Gasteiger partial charge in [0, 0.05) is 23.3 Å². The van der Waals surface area contributed by atoms with Crippen LogP contribution in [0.5, 0.6) is 0 Å². The molecule has 0 saturated carbocycles. The van der Waals surface area contributed by atoms with Crippen LogP contribution in [0.25, 0.3) is 0 Å². The van der Waals surface area contributed by atoms with Crippen LogP contribution in [0, 0.1) is 6.92 Å². The maximum absolute atomic E-state index is 6.33. The molecule has 0 aliphatic carbocycles. The molecule has 0 aliphatic heterocycles. The van der Waals surface area contributed by atoms with E-state index in [1.165, 1.54) is 17.3 Å². The largest absolute Gasteiger partial charge is 0.313 e. The Morgan fingerprint density at radius 3 is 2.85 bits per heavy atom. The normalized spacial score (nSPS) is 10.8. The summed E-state index contributed by atoms with van der Waals surface area (Å²) in [5, 5.41) is 4.84. The van der Waals surface area contributed by atoms with Crippen LogP contribution in [0.1, 0.15) is 24.6 Å². The van der Waals surface area contributed by atoms with Gasteiger partial charge in [-0.25, -0.2) is 9.97 Å². The first-order valence-electron chi connectivity index (χ1n) is 6.65.